The van der Waals surface area contributed by atoms with E-state index < -0.39 is 16.1 Å². The number of fused-ring (bicyclic) bond motifs is 1. The Labute approximate surface area is 249 Å². The minimum absolute atomic E-state index is 0.0765. The Hall–Kier alpha value is -4.09. The summed E-state index contributed by atoms with van der Waals surface area (Å²) >= 11 is 0. The predicted molar refractivity (Wildman–Crippen MR) is 163 cm³/mol. The standard InChI is InChI=1S/C32H34FN3O6S/c1-35-32(37)42-31-27-17-26(19-3-4-19)28(36(43(2,38)39)23-11-9-22(34)10-12-23)18-29(27)41-30(31)20-5-13-24(14-6-20)40-25-15-7-21(33)8-16-25/h5-8,13-19,22-23H,3-4,9-12,34H2,1-2H3,(H,35,37). The summed E-state index contributed by atoms with van der Waals surface area (Å²) in [7, 11) is -2.15. The fourth-order valence-corrected chi connectivity index (χ4v) is 7.04. The number of benzene rings is 3. The van der Waals surface area contributed by atoms with Gasteiger partial charge in [-0.05, 0) is 105 Å². The number of hydrogen-bond acceptors (Lipinski definition) is 7. The summed E-state index contributed by atoms with van der Waals surface area (Å²) < 4.78 is 59.2. The summed E-state index contributed by atoms with van der Waals surface area (Å²) in [4.78, 5) is 12.4. The number of amides is 1. The van der Waals surface area contributed by atoms with Crippen LogP contribution in [0.25, 0.3) is 22.3 Å². The zero-order valence-corrected chi connectivity index (χ0v) is 24.8. The quantitative estimate of drug-likeness (QED) is 0.229. The number of nitrogens with two attached hydrogens (primary N) is 1. The third kappa shape index (κ3) is 6.18. The molecule has 43 heavy (non-hydrogen) atoms. The third-order valence-electron chi connectivity index (χ3n) is 8.04. The average molecular weight is 608 g/mol. The fourth-order valence-electron chi connectivity index (χ4n) is 5.77. The molecule has 226 valence electrons. The lowest BCUT2D eigenvalue weighted by molar-refractivity contribution is 0.203. The highest BCUT2D eigenvalue weighted by Gasteiger charge is 2.37. The van der Waals surface area contributed by atoms with E-state index in [1.807, 2.05) is 6.07 Å². The molecule has 1 aromatic heterocycles. The van der Waals surface area contributed by atoms with E-state index in [9.17, 15) is 17.6 Å². The van der Waals surface area contributed by atoms with E-state index in [4.69, 9.17) is 19.6 Å². The van der Waals surface area contributed by atoms with Crippen molar-refractivity contribution in [2.75, 3.05) is 17.6 Å². The van der Waals surface area contributed by atoms with Crippen molar-refractivity contribution in [2.24, 2.45) is 5.73 Å². The van der Waals surface area contributed by atoms with Crippen LogP contribution in [0.5, 0.6) is 17.2 Å². The molecule has 2 saturated carbocycles. The first-order chi connectivity index (χ1) is 20.6. The molecule has 2 aliphatic rings. The van der Waals surface area contributed by atoms with Gasteiger partial charge in [-0.15, -0.1) is 0 Å². The van der Waals surface area contributed by atoms with Gasteiger partial charge < -0.3 is 24.9 Å². The number of hydrogen-bond donors (Lipinski definition) is 2. The monoisotopic (exact) mass is 607 g/mol. The molecular formula is C32H34FN3O6S. The first-order valence-corrected chi connectivity index (χ1v) is 16.2. The van der Waals surface area contributed by atoms with Gasteiger partial charge in [0.05, 0.1) is 17.3 Å². The number of furan rings is 1. The van der Waals surface area contributed by atoms with E-state index in [2.05, 4.69) is 5.32 Å². The summed E-state index contributed by atoms with van der Waals surface area (Å²) in [6, 6.07) is 16.3. The van der Waals surface area contributed by atoms with Gasteiger partial charge >= 0.3 is 6.09 Å². The molecule has 0 spiro atoms. The second kappa shape index (κ2) is 11.5. The molecule has 0 aliphatic heterocycles. The Kier molecular flexibility index (Phi) is 7.78. The largest absolute Gasteiger partial charge is 0.457 e. The molecule has 0 unspecified atom stereocenters. The van der Waals surface area contributed by atoms with Crippen LogP contribution in [0.3, 0.4) is 0 Å². The molecule has 2 fully saturated rings. The van der Waals surface area contributed by atoms with Gasteiger partial charge in [0.25, 0.3) is 0 Å². The Bertz CT molecular complexity index is 1740. The Balaban J connectivity index is 1.44. The fraction of sp³-hybridized carbons (Fsp3) is 0.344. The molecule has 6 rings (SSSR count). The summed E-state index contributed by atoms with van der Waals surface area (Å²) in [5.74, 6) is 1.41. The number of halogens is 1. The summed E-state index contributed by atoms with van der Waals surface area (Å²) in [5.41, 5.74) is 8.66. The average Bonchev–Trinajstić information content (AvgIpc) is 3.77. The van der Waals surface area contributed by atoms with E-state index in [1.54, 1.807) is 34.6 Å². The van der Waals surface area contributed by atoms with Gasteiger partial charge in [0.1, 0.15) is 22.9 Å². The maximum Gasteiger partial charge on any atom is 0.412 e. The number of nitrogens with zero attached hydrogens (tertiary/aromatic N) is 1. The van der Waals surface area contributed by atoms with Gasteiger partial charge in [-0.2, -0.15) is 0 Å². The molecule has 0 atom stereocenters. The molecule has 0 bridgehead atoms. The first-order valence-electron chi connectivity index (χ1n) is 14.4. The van der Waals surface area contributed by atoms with Crippen LogP contribution in [0, 0.1) is 5.82 Å². The van der Waals surface area contributed by atoms with Crippen LogP contribution < -0.4 is 24.8 Å². The van der Waals surface area contributed by atoms with E-state index in [0.717, 1.165) is 31.2 Å². The lowest BCUT2D eigenvalue weighted by Gasteiger charge is -2.37. The van der Waals surface area contributed by atoms with Crippen molar-refractivity contribution in [3.05, 3.63) is 72.0 Å². The summed E-state index contributed by atoms with van der Waals surface area (Å²) in [5, 5.41) is 3.06. The Morgan fingerprint density at radius 1 is 0.977 bits per heavy atom. The van der Waals surface area contributed by atoms with E-state index in [0.29, 0.717) is 52.3 Å². The molecule has 3 aromatic carbocycles. The van der Waals surface area contributed by atoms with Crippen molar-refractivity contribution in [3.8, 4) is 28.6 Å². The van der Waals surface area contributed by atoms with Crippen molar-refractivity contribution < 1.29 is 31.5 Å². The van der Waals surface area contributed by atoms with Crippen molar-refractivity contribution in [1.29, 1.82) is 0 Å². The van der Waals surface area contributed by atoms with Crippen LogP contribution in [0.4, 0.5) is 14.9 Å². The Morgan fingerprint density at radius 3 is 2.19 bits per heavy atom. The van der Waals surface area contributed by atoms with Gasteiger partial charge in [0.15, 0.2) is 11.5 Å². The van der Waals surface area contributed by atoms with Gasteiger partial charge in [0.2, 0.25) is 10.0 Å². The topological polar surface area (TPSA) is 124 Å². The molecule has 4 aromatic rings. The number of carbonyl (C=O) groups is 1. The number of sulfonamides is 1. The van der Waals surface area contributed by atoms with Crippen LogP contribution in [-0.2, 0) is 10.0 Å². The van der Waals surface area contributed by atoms with Gasteiger partial charge in [-0.3, -0.25) is 4.31 Å². The lowest BCUT2D eigenvalue weighted by Crippen LogP contribution is -2.44. The molecule has 0 radical (unpaired) electrons. The smallest absolute Gasteiger partial charge is 0.412 e. The van der Waals surface area contributed by atoms with E-state index in [-0.39, 0.29) is 29.6 Å². The predicted octanol–water partition coefficient (Wildman–Crippen LogP) is 6.66. The number of carbonyl (C=O) groups excluding carboxylic acids is 1. The highest BCUT2D eigenvalue weighted by atomic mass is 32.2. The molecule has 0 saturated heterocycles. The van der Waals surface area contributed by atoms with Crippen molar-refractivity contribution in [2.45, 2.75) is 56.5 Å². The van der Waals surface area contributed by atoms with Crippen LogP contribution in [-0.4, -0.2) is 39.9 Å². The van der Waals surface area contributed by atoms with Gasteiger partial charge in [-0.1, -0.05) is 0 Å². The molecule has 2 aliphatic carbocycles. The number of nitrogens with one attached hydrogen (secondary N) is 1. The molecule has 11 heteroatoms. The Morgan fingerprint density at radius 2 is 1.60 bits per heavy atom. The summed E-state index contributed by atoms with van der Waals surface area (Å²) in [6.07, 6.45) is 5.34. The summed E-state index contributed by atoms with van der Waals surface area (Å²) in [6.45, 7) is 0. The van der Waals surface area contributed by atoms with Gasteiger partial charge in [0, 0.05) is 30.8 Å². The molecule has 3 N–H and O–H groups in total. The van der Waals surface area contributed by atoms with Crippen molar-refractivity contribution in [1.82, 2.24) is 5.32 Å². The van der Waals surface area contributed by atoms with Gasteiger partial charge in [-0.25, -0.2) is 17.6 Å². The first kappa shape index (κ1) is 29.0. The normalized spacial score (nSPS) is 18.8. The minimum Gasteiger partial charge on any atom is -0.457 e. The maximum atomic E-state index is 13.3. The second-order valence-electron chi connectivity index (χ2n) is 11.3. The van der Waals surface area contributed by atoms with E-state index in [1.165, 1.54) is 37.6 Å². The molecule has 1 heterocycles. The number of rotatable bonds is 8. The van der Waals surface area contributed by atoms with Crippen molar-refractivity contribution in [3.63, 3.8) is 0 Å². The van der Waals surface area contributed by atoms with Crippen LogP contribution >= 0.6 is 0 Å². The highest BCUT2D eigenvalue weighted by molar-refractivity contribution is 7.92. The lowest BCUT2D eigenvalue weighted by atomic mass is 9.91. The second-order valence-corrected chi connectivity index (χ2v) is 13.1. The zero-order chi connectivity index (χ0) is 30.3. The van der Waals surface area contributed by atoms with Crippen LogP contribution in [0.1, 0.15) is 50.0 Å². The molecule has 9 nitrogen and oxygen atoms in total. The van der Waals surface area contributed by atoms with Crippen molar-refractivity contribution >= 4 is 32.8 Å². The third-order valence-corrected chi connectivity index (χ3v) is 9.25. The SMILES string of the molecule is CNC(=O)Oc1c(-c2ccc(Oc3ccc(F)cc3)cc2)oc2cc(N(C3CCC(N)CC3)S(C)(=O)=O)c(C3CC3)cc12. The zero-order valence-electron chi connectivity index (χ0n) is 24.0. The van der Waals surface area contributed by atoms with Crippen LogP contribution in [0.15, 0.2) is 65.1 Å². The molecular weight excluding hydrogens is 573 g/mol. The maximum absolute atomic E-state index is 13.3. The minimum atomic E-state index is -3.62. The highest BCUT2D eigenvalue weighted by Crippen LogP contribution is 2.50. The van der Waals surface area contributed by atoms with Crippen LogP contribution in [0.2, 0.25) is 0 Å². The molecule has 1 amide bonds. The number of anilines is 1. The number of ether oxygens (including phenoxy) is 2. The van der Waals surface area contributed by atoms with E-state index >= 15 is 0 Å².